The molecule has 0 saturated carbocycles. The number of carbonyl (C=O) groups excluding carboxylic acids is 1. The summed E-state index contributed by atoms with van der Waals surface area (Å²) in [6.45, 7) is 4.79. The highest BCUT2D eigenvalue weighted by Crippen LogP contribution is 2.19. The third kappa shape index (κ3) is 2.20. The number of hydrogen-bond acceptors (Lipinski definition) is 1. The van der Waals surface area contributed by atoms with Crippen LogP contribution in [0.1, 0.15) is 6.42 Å². The standard InChI is InChI=1S/C7H9BrClNO/c1-5(9)4-10-3-2-6(8)7(10)11/h6H,1-4H2. The van der Waals surface area contributed by atoms with Gasteiger partial charge in [0.05, 0.1) is 11.4 Å². The van der Waals surface area contributed by atoms with E-state index in [4.69, 9.17) is 11.6 Å². The number of halogens is 2. The Morgan fingerprint density at radius 2 is 2.55 bits per heavy atom. The molecule has 1 unspecified atom stereocenters. The molecule has 4 heteroatoms. The van der Waals surface area contributed by atoms with Crippen LogP contribution in [0.15, 0.2) is 11.6 Å². The Balaban J connectivity index is 2.49. The molecule has 1 atom stereocenters. The van der Waals surface area contributed by atoms with Gasteiger partial charge in [0.1, 0.15) is 0 Å². The second-order valence-corrected chi connectivity index (χ2v) is 4.17. The smallest absolute Gasteiger partial charge is 0.236 e. The molecule has 62 valence electrons. The van der Waals surface area contributed by atoms with Crippen molar-refractivity contribution in [1.82, 2.24) is 4.90 Å². The van der Waals surface area contributed by atoms with Gasteiger partial charge in [-0.1, -0.05) is 34.1 Å². The molecule has 0 spiro atoms. The molecule has 1 aliphatic rings. The largest absolute Gasteiger partial charge is 0.336 e. The second-order valence-electron chi connectivity index (χ2n) is 2.53. The van der Waals surface area contributed by atoms with Crippen molar-refractivity contribution in [3.05, 3.63) is 11.6 Å². The summed E-state index contributed by atoms with van der Waals surface area (Å²) in [6.07, 6.45) is 0.864. The fourth-order valence-corrected chi connectivity index (χ4v) is 1.70. The molecular weight excluding hydrogens is 229 g/mol. The first kappa shape index (κ1) is 9.07. The van der Waals surface area contributed by atoms with Crippen LogP contribution in [-0.4, -0.2) is 28.7 Å². The van der Waals surface area contributed by atoms with Crippen molar-refractivity contribution in [1.29, 1.82) is 0 Å². The van der Waals surface area contributed by atoms with Crippen LogP contribution >= 0.6 is 27.5 Å². The summed E-state index contributed by atoms with van der Waals surface area (Å²) in [5.74, 6) is 0.117. The predicted molar refractivity (Wildman–Crippen MR) is 48.9 cm³/mol. The van der Waals surface area contributed by atoms with Gasteiger partial charge < -0.3 is 4.90 Å². The molecule has 2 nitrogen and oxygen atoms in total. The molecule has 1 amide bonds. The van der Waals surface area contributed by atoms with Crippen LogP contribution in [0.4, 0.5) is 0 Å². The number of hydrogen-bond donors (Lipinski definition) is 0. The lowest BCUT2D eigenvalue weighted by atomic mass is 10.4. The normalized spacial score (nSPS) is 24.4. The van der Waals surface area contributed by atoms with Crippen LogP contribution in [0.2, 0.25) is 0 Å². The van der Waals surface area contributed by atoms with Crippen molar-refractivity contribution in [2.75, 3.05) is 13.1 Å². The summed E-state index contributed by atoms with van der Waals surface area (Å²) in [7, 11) is 0. The summed E-state index contributed by atoms with van der Waals surface area (Å²) >= 11 is 8.84. The van der Waals surface area contributed by atoms with Crippen LogP contribution in [-0.2, 0) is 4.79 Å². The number of alkyl halides is 1. The Morgan fingerprint density at radius 1 is 1.91 bits per heavy atom. The van der Waals surface area contributed by atoms with E-state index in [2.05, 4.69) is 22.5 Å². The van der Waals surface area contributed by atoms with Crippen molar-refractivity contribution < 1.29 is 4.79 Å². The average Bonchev–Trinajstić information content (AvgIpc) is 2.18. The quantitative estimate of drug-likeness (QED) is 0.671. The molecular formula is C7H9BrClNO. The highest BCUT2D eigenvalue weighted by molar-refractivity contribution is 9.10. The Kier molecular flexibility index (Phi) is 2.96. The molecule has 0 N–H and O–H groups in total. The first-order valence-electron chi connectivity index (χ1n) is 3.37. The fourth-order valence-electron chi connectivity index (χ4n) is 1.07. The van der Waals surface area contributed by atoms with E-state index in [0.29, 0.717) is 11.6 Å². The van der Waals surface area contributed by atoms with Gasteiger partial charge in [0, 0.05) is 11.6 Å². The third-order valence-corrected chi connectivity index (χ3v) is 2.56. The number of likely N-dealkylation sites (tertiary alicyclic amines) is 1. The molecule has 1 fully saturated rings. The minimum Gasteiger partial charge on any atom is -0.336 e. The van der Waals surface area contributed by atoms with E-state index in [9.17, 15) is 4.79 Å². The summed E-state index contributed by atoms with van der Waals surface area (Å²) in [5, 5.41) is 0.514. The van der Waals surface area contributed by atoms with E-state index in [0.717, 1.165) is 13.0 Å². The monoisotopic (exact) mass is 237 g/mol. The highest BCUT2D eigenvalue weighted by Gasteiger charge is 2.28. The molecule has 0 aromatic heterocycles. The van der Waals surface area contributed by atoms with Crippen molar-refractivity contribution >= 4 is 33.4 Å². The van der Waals surface area contributed by atoms with E-state index >= 15 is 0 Å². The van der Waals surface area contributed by atoms with Crippen molar-refractivity contribution in [3.63, 3.8) is 0 Å². The molecule has 1 heterocycles. The van der Waals surface area contributed by atoms with Gasteiger partial charge in [0.15, 0.2) is 0 Å². The molecule has 0 radical (unpaired) electrons. The SMILES string of the molecule is C=C(Cl)CN1CCC(Br)C1=O. The number of rotatable bonds is 2. The fraction of sp³-hybridized carbons (Fsp3) is 0.571. The Hall–Kier alpha value is -0.0200. The molecule has 1 saturated heterocycles. The summed E-state index contributed by atoms with van der Waals surface area (Å²) in [6, 6.07) is 0. The highest BCUT2D eigenvalue weighted by atomic mass is 79.9. The number of nitrogens with zero attached hydrogens (tertiary/aromatic N) is 1. The summed E-state index contributed by atoms with van der Waals surface area (Å²) in [5.41, 5.74) is 0. The van der Waals surface area contributed by atoms with E-state index in [1.807, 2.05) is 0 Å². The predicted octanol–water partition coefficient (Wildman–Crippen LogP) is 1.73. The molecule has 1 aliphatic heterocycles. The van der Waals surface area contributed by atoms with Crippen LogP contribution in [0.25, 0.3) is 0 Å². The minimum absolute atomic E-state index is 0.0153. The van der Waals surface area contributed by atoms with Crippen LogP contribution < -0.4 is 0 Å². The van der Waals surface area contributed by atoms with Gasteiger partial charge in [-0.3, -0.25) is 4.79 Å². The minimum atomic E-state index is -0.0153. The zero-order valence-electron chi connectivity index (χ0n) is 6.02. The molecule has 0 bridgehead atoms. The number of carbonyl (C=O) groups is 1. The van der Waals surface area contributed by atoms with Crippen LogP contribution in [0, 0.1) is 0 Å². The Bertz CT molecular complexity index is 195. The Labute approximate surface area is 79.3 Å². The lowest BCUT2D eigenvalue weighted by Crippen LogP contribution is -2.28. The van der Waals surface area contributed by atoms with Crippen molar-refractivity contribution in [3.8, 4) is 0 Å². The molecule has 1 rings (SSSR count). The molecule has 0 aliphatic carbocycles. The van der Waals surface area contributed by atoms with Gasteiger partial charge in [0.2, 0.25) is 5.91 Å². The average molecular weight is 239 g/mol. The van der Waals surface area contributed by atoms with E-state index in [1.54, 1.807) is 4.90 Å². The molecule has 0 aromatic carbocycles. The van der Waals surface area contributed by atoms with Gasteiger partial charge in [-0.25, -0.2) is 0 Å². The summed E-state index contributed by atoms with van der Waals surface area (Å²) < 4.78 is 0. The van der Waals surface area contributed by atoms with Gasteiger partial charge in [-0.15, -0.1) is 0 Å². The zero-order valence-corrected chi connectivity index (χ0v) is 8.36. The third-order valence-electron chi connectivity index (χ3n) is 1.59. The molecule has 0 aromatic rings. The maximum atomic E-state index is 11.2. The van der Waals surface area contributed by atoms with Gasteiger partial charge in [-0.2, -0.15) is 0 Å². The topological polar surface area (TPSA) is 20.3 Å². The lowest BCUT2D eigenvalue weighted by molar-refractivity contribution is -0.126. The molecule has 11 heavy (non-hydrogen) atoms. The van der Waals surface area contributed by atoms with Crippen molar-refractivity contribution in [2.24, 2.45) is 0 Å². The first-order chi connectivity index (χ1) is 5.11. The van der Waals surface area contributed by atoms with Gasteiger partial charge in [-0.05, 0) is 6.42 Å². The van der Waals surface area contributed by atoms with Crippen LogP contribution in [0.3, 0.4) is 0 Å². The Morgan fingerprint density at radius 3 is 2.91 bits per heavy atom. The van der Waals surface area contributed by atoms with E-state index in [-0.39, 0.29) is 10.7 Å². The lowest BCUT2D eigenvalue weighted by Gasteiger charge is -2.13. The van der Waals surface area contributed by atoms with Gasteiger partial charge >= 0.3 is 0 Å². The van der Waals surface area contributed by atoms with Crippen molar-refractivity contribution in [2.45, 2.75) is 11.2 Å². The van der Waals surface area contributed by atoms with E-state index < -0.39 is 0 Å². The maximum absolute atomic E-state index is 11.2. The zero-order chi connectivity index (χ0) is 8.43. The second kappa shape index (κ2) is 3.59. The number of amides is 1. The first-order valence-corrected chi connectivity index (χ1v) is 4.67. The summed E-state index contributed by atoms with van der Waals surface area (Å²) in [4.78, 5) is 12.9. The van der Waals surface area contributed by atoms with Gasteiger partial charge in [0.25, 0.3) is 0 Å². The van der Waals surface area contributed by atoms with Crippen LogP contribution in [0.5, 0.6) is 0 Å². The van der Waals surface area contributed by atoms with E-state index in [1.165, 1.54) is 0 Å². The maximum Gasteiger partial charge on any atom is 0.236 e.